The van der Waals surface area contributed by atoms with E-state index in [-0.39, 0.29) is 11.7 Å². The highest BCUT2D eigenvalue weighted by Gasteiger charge is 2.16. The highest BCUT2D eigenvalue weighted by atomic mass is 32.1. The monoisotopic (exact) mass is 380 g/mol. The number of carbonyl (C=O) groups excluding carboxylic acids is 1. The van der Waals surface area contributed by atoms with E-state index in [0.717, 1.165) is 15.4 Å². The summed E-state index contributed by atoms with van der Waals surface area (Å²) in [7, 11) is 0. The molecule has 3 rings (SSSR count). The lowest BCUT2D eigenvalue weighted by molar-refractivity contribution is -0.0498. The molecule has 0 aliphatic carbocycles. The number of ether oxygens (including phenoxy) is 1. The van der Waals surface area contributed by atoms with E-state index in [4.69, 9.17) is 0 Å². The average Bonchev–Trinajstić information content (AvgIpc) is 3.23. The highest BCUT2D eigenvalue weighted by Crippen LogP contribution is 2.31. The Kier molecular flexibility index (Phi) is 5.40. The van der Waals surface area contributed by atoms with Crippen molar-refractivity contribution in [3.8, 4) is 15.6 Å². The van der Waals surface area contributed by atoms with Crippen LogP contribution in [0.1, 0.15) is 20.9 Å². The SMILES string of the molecule is Cc1nc(-c2cccs2)sc1C(=O)NCc1ccc(OC(F)F)cc1. The second-order valence-corrected chi connectivity index (χ2v) is 7.06. The maximum Gasteiger partial charge on any atom is 0.387 e. The molecule has 2 aromatic heterocycles. The van der Waals surface area contributed by atoms with Gasteiger partial charge in [-0.15, -0.1) is 22.7 Å². The van der Waals surface area contributed by atoms with E-state index in [1.54, 1.807) is 30.4 Å². The molecule has 3 aromatic rings. The Balaban J connectivity index is 1.63. The van der Waals surface area contributed by atoms with Crippen molar-refractivity contribution in [2.24, 2.45) is 0 Å². The fraction of sp³-hybridized carbons (Fsp3) is 0.176. The first kappa shape index (κ1) is 17.5. The summed E-state index contributed by atoms with van der Waals surface area (Å²) in [5.41, 5.74) is 1.47. The van der Waals surface area contributed by atoms with Gasteiger partial charge in [0.25, 0.3) is 5.91 Å². The van der Waals surface area contributed by atoms with Gasteiger partial charge in [0.05, 0.1) is 10.6 Å². The van der Waals surface area contributed by atoms with Crippen LogP contribution in [0, 0.1) is 6.92 Å². The van der Waals surface area contributed by atoms with Gasteiger partial charge >= 0.3 is 6.61 Å². The summed E-state index contributed by atoms with van der Waals surface area (Å²) in [6.45, 7) is -0.754. The Morgan fingerprint density at radius 3 is 2.68 bits per heavy atom. The normalized spacial score (nSPS) is 10.9. The van der Waals surface area contributed by atoms with Crippen LogP contribution in [-0.2, 0) is 6.54 Å². The predicted octanol–water partition coefficient (Wildman–Crippen LogP) is 4.71. The third-order valence-electron chi connectivity index (χ3n) is 3.34. The summed E-state index contributed by atoms with van der Waals surface area (Å²) in [4.78, 5) is 18.4. The third-order valence-corrected chi connectivity index (χ3v) is 5.53. The Hall–Kier alpha value is -2.32. The minimum absolute atomic E-state index is 0.0870. The molecule has 0 bridgehead atoms. The number of amides is 1. The Labute approximate surface area is 151 Å². The largest absolute Gasteiger partial charge is 0.435 e. The minimum atomic E-state index is -2.85. The van der Waals surface area contributed by atoms with Gasteiger partial charge in [-0.05, 0) is 36.1 Å². The number of nitrogens with one attached hydrogen (secondary N) is 1. The molecule has 1 N–H and O–H groups in total. The molecule has 0 spiro atoms. The molecule has 0 saturated heterocycles. The molecular formula is C17H14F2N2O2S2. The number of carbonyl (C=O) groups is 1. The Morgan fingerprint density at radius 2 is 2.04 bits per heavy atom. The van der Waals surface area contributed by atoms with Crippen molar-refractivity contribution in [3.05, 3.63) is 57.9 Å². The minimum Gasteiger partial charge on any atom is -0.435 e. The lowest BCUT2D eigenvalue weighted by Crippen LogP contribution is -2.22. The Morgan fingerprint density at radius 1 is 1.28 bits per heavy atom. The second kappa shape index (κ2) is 7.71. The summed E-state index contributed by atoms with van der Waals surface area (Å²) in [6.07, 6.45) is 0. The Bertz CT molecular complexity index is 846. The van der Waals surface area contributed by atoms with Crippen LogP contribution >= 0.6 is 22.7 Å². The van der Waals surface area contributed by atoms with Crippen LogP contribution < -0.4 is 10.1 Å². The van der Waals surface area contributed by atoms with Crippen molar-refractivity contribution in [1.29, 1.82) is 0 Å². The van der Waals surface area contributed by atoms with E-state index in [0.29, 0.717) is 17.1 Å². The number of alkyl halides is 2. The number of thiophene rings is 1. The van der Waals surface area contributed by atoms with Gasteiger partial charge in [0.2, 0.25) is 0 Å². The van der Waals surface area contributed by atoms with Crippen molar-refractivity contribution in [1.82, 2.24) is 10.3 Å². The van der Waals surface area contributed by atoms with Crippen molar-refractivity contribution >= 4 is 28.6 Å². The highest BCUT2D eigenvalue weighted by molar-refractivity contribution is 7.22. The van der Waals surface area contributed by atoms with Crippen LogP contribution in [0.4, 0.5) is 8.78 Å². The first-order chi connectivity index (χ1) is 12.0. The third kappa shape index (κ3) is 4.40. The first-order valence-corrected chi connectivity index (χ1v) is 9.06. The summed E-state index contributed by atoms with van der Waals surface area (Å²) < 4.78 is 28.5. The van der Waals surface area contributed by atoms with E-state index < -0.39 is 6.61 Å². The summed E-state index contributed by atoms with van der Waals surface area (Å²) in [5.74, 6) is -0.116. The topological polar surface area (TPSA) is 51.2 Å². The van der Waals surface area contributed by atoms with Gasteiger partial charge in [0, 0.05) is 6.54 Å². The quantitative estimate of drug-likeness (QED) is 0.674. The van der Waals surface area contributed by atoms with Crippen LogP contribution in [0.25, 0.3) is 9.88 Å². The van der Waals surface area contributed by atoms with Gasteiger partial charge < -0.3 is 10.1 Å². The fourth-order valence-corrected chi connectivity index (χ4v) is 3.94. The smallest absolute Gasteiger partial charge is 0.387 e. The molecule has 4 nitrogen and oxygen atoms in total. The number of aryl methyl sites for hydroxylation is 1. The number of nitrogens with zero attached hydrogens (tertiary/aromatic N) is 1. The van der Waals surface area contributed by atoms with Crippen LogP contribution in [0.3, 0.4) is 0 Å². The first-order valence-electron chi connectivity index (χ1n) is 7.36. The lowest BCUT2D eigenvalue weighted by Gasteiger charge is -2.07. The van der Waals surface area contributed by atoms with E-state index in [2.05, 4.69) is 15.0 Å². The second-order valence-electron chi connectivity index (χ2n) is 5.12. The van der Waals surface area contributed by atoms with E-state index in [1.807, 2.05) is 17.5 Å². The van der Waals surface area contributed by atoms with Gasteiger partial charge in [0.15, 0.2) is 0 Å². The number of hydrogen-bond acceptors (Lipinski definition) is 5. The zero-order valence-electron chi connectivity index (χ0n) is 13.2. The molecule has 0 fully saturated rings. The molecule has 0 aliphatic heterocycles. The number of benzene rings is 1. The number of rotatable bonds is 6. The van der Waals surface area contributed by atoms with Crippen LogP contribution in [0.5, 0.6) is 5.75 Å². The standard InChI is InChI=1S/C17H14F2N2O2S2/c1-10-14(25-16(21-10)13-3-2-8-24-13)15(22)20-9-11-4-6-12(7-5-11)23-17(18)19/h2-8,17H,9H2,1H3,(H,20,22). The summed E-state index contributed by atoms with van der Waals surface area (Å²) >= 11 is 2.93. The summed E-state index contributed by atoms with van der Waals surface area (Å²) in [5, 5.41) is 5.61. The van der Waals surface area contributed by atoms with Gasteiger partial charge in [0.1, 0.15) is 15.6 Å². The number of thiazole rings is 1. The molecule has 1 aromatic carbocycles. The molecular weight excluding hydrogens is 366 g/mol. The molecule has 8 heteroatoms. The van der Waals surface area contributed by atoms with Gasteiger partial charge in [-0.25, -0.2) is 4.98 Å². The maximum atomic E-state index is 12.4. The van der Waals surface area contributed by atoms with Crippen LogP contribution in [-0.4, -0.2) is 17.5 Å². The zero-order chi connectivity index (χ0) is 17.8. The lowest BCUT2D eigenvalue weighted by atomic mass is 10.2. The van der Waals surface area contributed by atoms with Crippen LogP contribution in [0.15, 0.2) is 41.8 Å². The maximum absolute atomic E-state index is 12.4. The van der Waals surface area contributed by atoms with E-state index in [9.17, 15) is 13.6 Å². The van der Waals surface area contributed by atoms with Gasteiger partial charge in [-0.2, -0.15) is 8.78 Å². The van der Waals surface area contributed by atoms with Crippen LogP contribution in [0.2, 0.25) is 0 Å². The van der Waals surface area contributed by atoms with Gasteiger partial charge in [-0.3, -0.25) is 4.79 Å². The number of halogens is 2. The molecule has 130 valence electrons. The molecule has 0 atom stereocenters. The van der Waals surface area contributed by atoms with Crippen molar-refractivity contribution < 1.29 is 18.3 Å². The van der Waals surface area contributed by atoms with Crippen molar-refractivity contribution in [3.63, 3.8) is 0 Å². The predicted molar refractivity (Wildman–Crippen MR) is 94.4 cm³/mol. The molecule has 0 saturated carbocycles. The van der Waals surface area contributed by atoms with E-state index >= 15 is 0 Å². The molecule has 0 unspecified atom stereocenters. The molecule has 0 radical (unpaired) electrons. The zero-order valence-corrected chi connectivity index (χ0v) is 14.8. The van der Waals surface area contributed by atoms with Gasteiger partial charge in [-0.1, -0.05) is 18.2 Å². The molecule has 0 aliphatic rings. The summed E-state index contributed by atoms with van der Waals surface area (Å²) in [6, 6.07) is 10.1. The molecule has 1 amide bonds. The van der Waals surface area contributed by atoms with Crippen molar-refractivity contribution in [2.45, 2.75) is 20.1 Å². The van der Waals surface area contributed by atoms with Crippen molar-refractivity contribution in [2.75, 3.05) is 0 Å². The molecule has 2 heterocycles. The number of hydrogen-bond donors (Lipinski definition) is 1. The molecule has 25 heavy (non-hydrogen) atoms. The van der Waals surface area contributed by atoms with E-state index in [1.165, 1.54) is 23.5 Å². The average molecular weight is 380 g/mol. The fourth-order valence-electron chi connectivity index (χ4n) is 2.16. The number of aromatic nitrogens is 1.